The molecule has 0 aromatic rings. The van der Waals surface area contributed by atoms with Crippen LogP contribution in [0.2, 0.25) is 0 Å². The molecule has 248 valence electrons. The summed E-state index contributed by atoms with van der Waals surface area (Å²) in [6.07, 6.45) is 25.2. The van der Waals surface area contributed by atoms with Gasteiger partial charge in [0.25, 0.3) is 0 Å². The number of nitrogens with zero attached hydrogens (tertiary/aromatic N) is 4. The number of rotatable bonds is 14. The molecule has 0 radical (unpaired) electrons. The van der Waals surface area contributed by atoms with Gasteiger partial charge in [-0.05, 0) is 118 Å². The largest absolute Gasteiger partial charge is 0.306 e. The normalized spacial score (nSPS) is 19.9. The lowest BCUT2D eigenvalue weighted by Crippen LogP contribution is -2.38. The lowest BCUT2D eigenvalue weighted by Gasteiger charge is -2.31. The van der Waals surface area contributed by atoms with Crippen LogP contribution in [-0.2, 0) is 0 Å². The fourth-order valence-electron chi connectivity index (χ4n) is 5.94. The average Bonchev–Trinajstić information content (AvgIpc) is 2.86. The second-order valence-electron chi connectivity index (χ2n) is 12.1. The molecule has 1 atom stereocenters. The average molecular weight is 655 g/mol. The second-order valence-corrected chi connectivity index (χ2v) is 12.1. The summed E-state index contributed by atoms with van der Waals surface area (Å²) in [7, 11) is 7.06. The van der Waals surface area contributed by atoms with E-state index in [9.17, 15) is 0 Å². The maximum atomic E-state index is 2.76. The molecule has 1 heterocycles. The minimum atomic E-state index is 0. The molecule has 4 nitrogen and oxygen atoms in total. The topological polar surface area (TPSA) is 13.0 Å². The van der Waals surface area contributed by atoms with E-state index < -0.39 is 0 Å². The van der Waals surface area contributed by atoms with Gasteiger partial charge in [0, 0.05) is 6.04 Å². The van der Waals surface area contributed by atoms with Crippen LogP contribution in [0.4, 0.5) is 0 Å². The van der Waals surface area contributed by atoms with Crippen LogP contribution in [0.25, 0.3) is 0 Å². The predicted molar refractivity (Wildman–Crippen MR) is 191 cm³/mol. The van der Waals surface area contributed by atoms with Crippen molar-refractivity contribution >= 4 is 49.6 Å². The van der Waals surface area contributed by atoms with Gasteiger partial charge in [-0.2, -0.15) is 0 Å². The highest BCUT2D eigenvalue weighted by Gasteiger charge is 2.17. The molecule has 8 heteroatoms. The van der Waals surface area contributed by atoms with Crippen molar-refractivity contribution in [2.75, 3.05) is 73.5 Å². The summed E-state index contributed by atoms with van der Waals surface area (Å²) < 4.78 is 0. The Balaban J connectivity index is -0.00000162. The highest BCUT2D eigenvalue weighted by Crippen LogP contribution is 2.17. The molecule has 0 aliphatic carbocycles. The first-order valence-electron chi connectivity index (χ1n) is 16.4. The van der Waals surface area contributed by atoms with E-state index in [0.29, 0.717) is 0 Å². The Morgan fingerprint density at radius 2 is 0.925 bits per heavy atom. The Morgan fingerprint density at radius 3 is 1.43 bits per heavy atom. The molecule has 1 rings (SSSR count). The third kappa shape index (κ3) is 27.8. The number of hydrogen-bond acceptors (Lipinski definition) is 4. The zero-order valence-electron chi connectivity index (χ0n) is 27.4. The zero-order chi connectivity index (χ0) is 26.3. The van der Waals surface area contributed by atoms with Crippen molar-refractivity contribution in [3.8, 4) is 0 Å². The fourth-order valence-corrected chi connectivity index (χ4v) is 5.94. The standard InChI is InChI=1S/C32H68N4.4ClH/c1-6-8-9-10-11-12-13-14-15-16-17-22-32-23-31-36(24-7-2)30-21-28-34(4)26-19-18-25-33(3)27-20-29-35(32)5;;;;/h32H,6-31H2,1-5H3;4*1H. The van der Waals surface area contributed by atoms with Crippen LogP contribution in [0.3, 0.4) is 0 Å². The van der Waals surface area contributed by atoms with E-state index in [1.54, 1.807) is 0 Å². The Kier molecular flexibility index (Phi) is 41.3. The van der Waals surface area contributed by atoms with Crippen molar-refractivity contribution in [1.29, 1.82) is 0 Å². The number of hydrogen-bond donors (Lipinski definition) is 0. The van der Waals surface area contributed by atoms with Gasteiger partial charge in [-0.3, -0.25) is 0 Å². The van der Waals surface area contributed by atoms with Crippen molar-refractivity contribution in [2.24, 2.45) is 0 Å². The Labute approximate surface area is 277 Å². The van der Waals surface area contributed by atoms with Gasteiger partial charge in [-0.25, -0.2) is 0 Å². The van der Waals surface area contributed by atoms with E-state index in [1.807, 2.05) is 0 Å². The third-order valence-corrected chi connectivity index (χ3v) is 8.48. The fraction of sp³-hybridized carbons (Fsp3) is 1.00. The van der Waals surface area contributed by atoms with Crippen LogP contribution in [0.1, 0.15) is 129 Å². The van der Waals surface area contributed by atoms with Crippen molar-refractivity contribution in [2.45, 2.75) is 135 Å². The molecular weight excluding hydrogens is 582 g/mol. The van der Waals surface area contributed by atoms with Crippen LogP contribution in [0, 0.1) is 0 Å². The maximum Gasteiger partial charge on any atom is 0.0104 e. The van der Waals surface area contributed by atoms with Gasteiger partial charge in [0.2, 0.25) is 0 Å². The molecule has 0 aromatic carbocycles. The van der Waals surface area contributed by atoms with Crippen LogP contribution >= 0.6 is 49.6 Å². The molecular formula is C32H72Cl4N4. The van der Waals surface area contributed by atoms with E-state index in [1.165, 1.54) is 168 Å². The molecule has 0 N–H and O–H groups in total. The van der Waals surface area contributed by atoms with E-state index in [2.05, 4.69) is 54.6 Å². The Hall–Kier alpha value is 1.00. The predicted octanol–water partition coefficient (Wildman–Crippen LogP) is 9.21. The summed E-state index contributed by atoms with van der Waals surface area (Å²) in [5, 5.41) is 0. The van der Waals surface area contributed by atoms with Crippen molar-refractivity contribution in [3.05, 3.63) is 0 Å². The van der Waals surface area contributed by atoms with Crippen LogP contribution in [0.15, 0.2) is 0 Å². The van der Waals surface area contributed by atoms with Crippen LogP contribution < -0.4 is 0 Å². The molecule has 1 aliphatic heterocycles. The monoisotopic (exact) mass is 652 g/mol. The smallest absolute Gasteiger partial charge is 0.0104 e. The molecule has 0 amide bonds. The van der Waals surface area contributed by atoms with Gasteiger partial charge in [0.15, 0.2) is 0 Å². The summed E-state index contributed by atoms with van der Waals surface area (Å²) in [6.45, 7) is 14.7. The van der Waals surface area contributed by atoms with Gasteiger partial charge in [-0.15, -0.1) is 49.6 Å². The molecule has 1 saturated heterocycles. The van der Waals surface area contributed by atoms with Crippen molar-refractivity contribution in [1.82, 2.24) is 19.6 Å². The number of unbranched alkanes of at least 4 members (excludes halogenated alkanes) is 10. The molecule has 1 unspecified atom stereocenters. The third-order valence-electron chi connectivity index (χ3n) is 8.48. The number of halogens is 4. The van der Waals surface area contributed by atoms with Gasteiger partial charge in [-0.1, -0.05) is 84.5 Å². The van der Waals surface area contributed by atoms with E-state index in [-0.39, 0.29) is 49.6 Å². The zero-order valence-corrected chi connectivity index (χ0v) is 30.6. The maximum absolute atomic E-state index is 2.76. The van der Waals surface area contributed by atoms with Gasteiger partial charge in [0.05, 0.1) is 0 Å². The minimum Gasteiger partial charge on any atom is -0.306 e. The first-order valence-corrected chi connectivity index (χ1v) is 16.4. The summed E-state index contributed by atoms with van der Waals surface area (Å²) in [6, 6.07) is 0.756. The Morgan fingerprint density at radius 1 is 0.475 bits per heavy atom. The van der Waals surface area contributed by atoms with Gasteiger partial charge >= 0.3 is 0 Å². The highest BCUT2D eigenvalue weighted by atomic mass is 35.5. The van der Waals surface area contributed by atoms with E-state index >= 15 is 0 Å². The lowest BCUT2D eigenvalue weighted by atomic mass is 10.0. The lowest BCUT2D eigenvalue weighted by molar-refractivity contribution is 0.171. The summed E-state index contributed by atoms with van der Waals surface area (Å²) >= 11 is 0. The van der Waals surface area contributed by atoms with Crippen molar-refractivity contribution in [3.63, 3.8) is 0 Å². The summed E-state index contributed by atoms with van der Waals surface area (Å²) in [4.78, 5) is 10.6. The van der Waals surface area contributed by atoms with Crippen LogP contribution in [0.5, 0.6) is 0 Å². The molecule has 0 saturated carbocycles. The van der Waals surface area contributed by atoms with Gasteiger partial charge < -0.3 is 19.6 Å². The SMILES string of the molecule is CCCCCCCCCCCCCC1CCN(CCC)CCCN(C)CCCCN(C)CCCN1C.Cl.Cl.Cl.Cl. The Bertz CT molecular complexity index is 476. The second kappa shape index (κ2) is 34.5. The molecule has 1 fully saturated rings. The quantitative estimate of drug-likeness (QED) is 0.173. The van der Waals surface area contributed by atoms with Crippen LogP contribution in [-0.4, -0.2) is 99.1 Å². The summed E-state index contributed by atoms with van der Waals surface area (Å²) in [5.74, 6) is 0. The summed E-state index contributed by atoms with van der Waals surface area (Å²) in [5.41, 5.74) is 0. The molecule has 0 bridgehead atoms. The van der Waals surface area contributed by atoms with E-state index in [0.717, 1.165) is 6.04 Å². The first-order chi connectivity index (χ1) is 17.6. The van der Waals surface area contributed by atoms with E-state index in [4.69, 9.17) is 0 Å². The highest BCUT2D eigenvalue weighted by molar-refractivity contribution is 5.86. The molecule has 1 aliphatic rings. The molecule has 40 heavy (non-hydrogen) atoms. The van der Waals surface area contributed by atoms with Gasteiger partial charge in [0.1, 0.15) is 0 Å². The minimum absolute atomic E-state index is 0. The van der Waals surface area contributed by atoms with Crippen molar-refractivity contribution < 1.29 is 0 Å². The molecule has 0 spiro atoms. The first kappa shape index (κ1) is 47.9. The molecule has 0 aromatic heterocycles.